The Hall–Kier alpha value is -0.120. The molecule has 1 fully saturated rings. The van der Waals surface area contributed by atoms with Gasteiger partial charge in [-0.25, -0.2) is 0 Å². The van der Waals surface area contributed by atoms with Crippen LogP contribution in [-0.4, -0.2) is 30.8 Å². The summed E-state index contributed by atoms with van der Waals surface area (Å²) < 4.78 is 5.84. The first kappa shape index (κ1) is 14.9. The van der Waals surface area contributed by atoms with Gasteiger partial charge in [-0.2, -0.15) is 0 Å². The van der Waals surface area contributed by atoms with Gasteiger partial charge in [-0.3, -0.25) is 0 Å². The van der Waals surface area contributed by atoms with Crippen molar-refractivity contribution in [1.29, 1.82) is 0 Å². The minimum atomic E-state index is 0.00417. The summed E-state index contributed by atoms with van der Waals surface area (Å²) in [6, 6.07) is 0. The molecule has 0 saturated carbocycles. The summed E-state index contributed by atoms with van der Waals surface area (Å²) >= 11 is 0. The fourth-order valence-electron chi connectivity index (χ4n) is 2.95. The molecule has 1 atom stereocenters. The smallest absolute Gasteiger partial charge is 0.0779 e. The largest absolute Gasteiger partial charge is 0.374 e. The van der Waals surface area contributed by atoms with Crippen LogP contribution < -0.4 is 11.1 Å². The van der Waals surface area contributed by atoms with Crippen LogP contribution in [0.1, 0.15) is 47.5 Å². The lowest BCUT2D eigenvalue weighted by atomic mass is 9.76. The molecule has 0 spiro atoms. The molecule has 1 aliphatic rings. The van der Waals surface area contributed by atoms with Crippen LogP contribution >= 0.6 is 0 Å². The number of nitrogens with two attached hydrogens (primary N) is 1. The van der Waals surface area contributed by atoms with Gasteiger partial charge in [0.15, 0.2) is 0 Å². The van der Waals surface area contributed by atoms with Crippen LogP contribution in [0, 0.1) is 11.8 Å². The highest BCUT2D eigenvalue weighted by Gasteiger charge is 2.38. The third kappa shape index (κ3) is 3.21. The molecule has 1 unspecified atom stereocenters. The molecule has 0 radical (unpaired) electrons. The van der Waals surface area contributed by atoms with E-state index in [0.717, 1.165) is 19.6 Å². The maximum Gasteiger partial charge on any atom is 0.0779 e. The predicted molar refractivity (Wildman–Crippen MR) is 73.1 cm³/mol. The molecule has 1 heterocycles. The normalized spacial score (nSPS) is 26.1. The Morgan fingerprint density at radius 1 is 1.29 bits per heavy atom. The lowest BCUT2D eigenvalue weighted by Gasteiger charge is -2.43. The van der Waals surface area contributed by atoms with Gasteiger partial charge in [0.2, 0.25) is 0 Å². The minimum Gasteiger partial charge on any atom is -0.374 e. The zero-order valence-electron chi connectivity index (χ0n) is 12.2. The standard InChI is InChI=1S/C14H30N2O/c1-11(2)14(9-15,12(3)4)16-10-13(5)7-6-8-17-13/h11-12,16H,6-10,15H2,1-5H3. The van der Waals surface area contributed by atoms with E-state index >= 15 is 0 Å². The van der Waals surface area contributed by atoms with E-state index in [0.29, 0.717) is 18.4 Å². The van der Waals surface area contributed by atoms with Gasteiger partial charge in [-0.15, -0.1) is 0 Å². The molecule has 0 aromatic rings. The molecule has 0 aromatic heterocycles. The Bertz CT molecular complexity index is 224. The molecule has 3 heteroatoms. The summed E-state index contributed by atoms with van der Waals surface area (Å²) in [5.74, 6) is 1.05. The molecular weight excluding hydrogens is 212 g/mol. The second-order valence-electron chi connectivity index (χ2n) is 6.31. The molecular formula is C14H30N2O. The average molecular weight is 242 g/mol. The van der Waals surface area contributed by atoms with Gasteiger partial charge in [0.1, 0.15) is 0 Å². The van der Waals surface area contributed by atoms with Crippen LogP contribution in [0.2, 0.25) is 0 Å². The molecule has 1 saturated heterocycles. The quantitative estimate of drug-likeness (QED) is 0.750. The summed E-state index contributed by atoms with van der Waals surface area (Å²) in [5, 5.41) is 3.71. The Balaban J connectivity index is 2.66. The second kappa shape index (κ2) is 5.68. The van der Waals surface area contributed by atoms with E-state index in [2.05, 4.69) is 39.9 Å². The first-order chi connectivity index (χ1) is 7.86. The van der Waals surface area contributed by atoms with Crippen LogP contribution in [-0.2, 0) is 4.74 Å². The molecule has 1 aliphatic heterocycles. The van der Waals surface area contributed by atoms with Crippen molar-refractivity contribution >= 4 is 0 Å². The Kier molecular flexibility index (Phi) is 4.99. The zero-order chi connectivity index (χ0) is 13.1. The lowest BCUT2D eigenvalue weighted by Crippen LogP contribution is -2.61. The Labute approximate surface area is 106 Å². The third-order valence-electron chi connectivity index (χ3n) is 4.49. The van der Waals surface area contributed by atoms with Gasteiger partial charge in [0, 0.05) is 25.2 Å². The molecule has 3 nitrogen and oxygen atoms in total. The first-order valence-electron chi connectivity index (χ1n) is 6.95. The van der Waals surface area contributed by atoms with Crippen molar-refractivity contribution in [2.24, 2.45) is 17.6 Å². The molecule has 3 N–H and O–H groups in total. The molecule has 0 amide bonds. The summed E-state index contributed by atoms with van der Waals surface area (Å²) in [6.07, 6.45) is 2.33. The molecule has 102 valence electrons. The van der Waals surface area contributed by atoms with Crippen LogP contribution in [0.15, 0.2) is 0 Å². The number of nitrogens with one attached hydrogen (secondary N) is 1. The molecule has 0 aromatic carbocycles. The maximum absolute atomic E-state index is 6.03. The van der Waals surface area contributed by atoms with E-state index in [1.54, 1.807) is 0 Å². The van der Waals surface area contributed by atoms with E-state index in [-0.39, 0.29) is 11.1 Å². The highest BCUT2D eigenvalue weighted by atomic mass is 16.5. The van der Waals surface area contributed by atoms with Crippen LogP contribution in [0.4, 0.5) is 0 Å². The number of hydrogen-bond donors (Lipinski definition) is 2. The Morgan fingerprint density at radius 2 is 1.88 bits per heavy atom. The topological polar surface area (TPSA) is 47.3 Å². The van der Waals surface area contributed by atoms with E-state index in [1.807, 2.05) is 0 Å². The average Bonchev–Trinajstić information content (AvgIpc) is 2.66. The number of hydrogen-bond acceptors (Lipinski definition) is 3. The maximum atomic E-state index is 6.03. The van der Waals surface area contributed by atoms with Crippen molar-refractivity contribution in [3.8, 4) is 0 Å². The lowest BCUT2D eigenvalue weighted by molar-refractivity contribution is 0.00709. The molecule has 0 aliphatic carbocycles. The summed E-state index contributed by atoms with van der Waals surface area (Å²) in [5.41, 5.74) is 6.06. The highest BCUT2D eigenvalue weighted by Crippen LogP contribution is 2.29. The van der Waals surface area contributed by atoms with Gasteiger partial charge in [-0.05, 0) is 31.6 Å². The van der Waals surface area contributed by atoms with Gasteiger partial charge in [0.25, 0.3) is 0 Å². The zero-order valence-corrected chi connectivity index (χ0v) is 12.2. The van der Waals surface area contributed by atoms with Crippen molar-refractivity contribution in [2.75, 3.05) is 19.7 Å². The van der Waals surface area contributed by atoms with Crippen molar-refractivity contribution in [3.63, 3.8) is 0 Å². The van der Waals surface area contributed by atoms with Crippen molar-refractivity contribution in [2.45, 2.75) is 58.6 Å². The van der Waals surface area contributed by atoms with Crippen LogP contribution in [0.5, 0.6) is 0 Å². The van der Waals surface area contributed by atoms with Crippen LogP contribution in [0.3, 0.4) is 0 Å². The van der Waals surface area contributed by atoms with E-state index < -0.39 is 0 Å². The SMILES string of the molecule is CC(C)C(CN)(NCC1(C)CCCO1)C(C)C. The third-order valence-corrected chi connectivity index (χ3v) is 4.49. The molecule has 1 rings (SSSR count). The number of rotatable bonds is 6. The minimum absolute atomic E-state index is 0.00417. The fraction of sp³-hybridized carbons (Fsp3) is 1.00. The van der Waals surface area contributed by atoms with Gasteiger partial charge >= 0.3 is 0 Å². The Morgan fingerprint density at radius 3 is 2.24 bits per heavy atom. The summed E-state index contributed by atoms with van der Waals surface area (Å²) in [4.78, 5) is 0. The van der Waals surface area contributed by atoms with E-state index in [4.69, 9.17) is 10.5 Å². The monoisotopic (exact) mass is 242 g/mol. The van der Waals surface area contributed by atoms with Gasteiger partial charge in [-0.1, -0.05) is 27.7 Å². The second-order valence-corrected chi connectivity index (χ2v) is 6.31. The first-order valence-corrected chi connectivity index (χ1v) is 6.95. The van der Waals surface area contributed by atoms with Gasteiger partial charge in [0.05, 0.1) is 5.60 Å². The van der Waals surface area contributed by atoms with Crippen molar-refractivity contribution in [1.82, 2.24) is 5.32 Å². The van der Waals surface area contributed by atoms with Crippen molar-refractivity contribution < 1.29 is 4.74 Å². The predicted octanol–water partition coefficient (Wildman–Crippen LogP) is 2.15. The van der Waals surface area contributed by atoms with E-state index in [1.165, 1.54) is 6.42 Å². The molecule has 17 heavy (non-hydrogen) atoms. The summed E-state index contributed by atoms with van der Waals surface area (Å²) in [7, 11) is 0. The van der Waals surface area contributed by atoms with Crippen LogP contribution in [0.25, 0.3) is 0 Å². The number of ether oxygens (including phenoxy) is 1. The van der Waals surface area contributed by atoms with E-state index in [9.17, 15) is 0 Å². The van der Waals surface area contributed by atoms with Gasteiger partial charge < -0.3 is 15.8 Å². The highest BCUT2D eigenvalue weighted by molar-refractivity contribution is 4.97. The molecule has 0 bridgehead atoms. The summed E-state index contributed by atoms with van der Waals surface area (Å²) in [6.45, 7) is 13.7. The fourth-order valence-corrected chi connectivity index (χ4v) is 2.95. The van der Waals surface area contributed by atoms with Crippen molar-refractivity contribution in [3.05, 3.63) is 0 Å².